The first kappa shape index (κ1) is 30.7. The lowest BCUT2D eigenvalue weighted by Crippen LogP contribution is -2.56. The number of rotatable bonds is 8. The number of hydrogen-bond acceptors (Lipinski definition) is 4. The first-order valence-electron chi connectivity index (χ1n) is 14.2. The Morgan fingerprint density at radius 1 is 0.476 bits per heavy atom. The Morgan fingerprint density at radius 2 is 0.667 bits per heavy atom. The summed E-state index contributed by atoms with van der Waals surface area (Å²) in [5.41, 5.74) is 3.28. The fourth-order valence-electron chi connectivity index (χ4n) is 5.30. The molecular weight excluding hydrogens is 524 g/mol. The quantitative estimate of drug-likeness (QED) is 0.224. The van der Waals surface area contributed by atoms with E-state index < -0.39 is 35.1 Å². The maximum Gasteiger partial charge on any atom is 0.309 e. The Balaban J connectivity index is 1.60. The van der Waals surface area contributed by atoms with Crippen LogP contribution in [0.2, 0.25) is 0 Å². The third-order valence-corrected chi connectivity index (χ3v) is 8.12. The Hall–Kier alpha value is -4.26. The summed E-state index contributed by atoms with van der Waals surface area (Å²) < 4.78 is 0. The second-order valence-electron chi connectivity index (χ2n) is 11.4. The largest absolute Gasteiger partial charge is 0.378 e. The van der Waals surface area contributed by atoms with Gasteiger partial charge in [-0.3, -0.25) is 9.59 Å². The molecule has 0 aromatic heterocycles. The van der Waals surface area contributed by atoms with Crippen molar-refractivity contribution in [1.29, 1.82) is 0 Å². The molecule has 0 saturated heterocycles. The zero-order valence-electron chi connectivity index (χ0n) is 25.1. The topological polar surface area (TPSA) is 98.7 Å². The fraction of sp³-hybridized carbons (Fsp3) is 0.278. The second-order valence-corrected chi connectivity index (χ2v) is 11.4. The van der Waals surface area contributed by atoms with E-state index in [2.05, 4.69) is 10.6 Å². The molecule has 6 nitrogen and oxygen atoms in total. The summed E-state index contributed by atoms with van der Waals surface area (Å²) in [6, 6.07) is 28.0. The normalized spacial score (nSPS) is 13.2. The zero-order valence-corrected chi connectivity index (χ0v) is 25.1. The van der Waals surface area contributed by atoms with E-state index in [4.69, 9.17) is 0 Å². The minimum atomic E-state index is -1.60. The molecule has 4 rings (SSSR count). The molecule has 4 aromatic rings. The Labute approximate surface area is 248 Å². The summed E-state index contributed by atoms with van der Waals surface area (Å²) in [7, 11) is 0. The van der Waals surface area contributed by atoms with Crippen molar-refractivity contribution in [3.05, 3.63) is 142 Å². The number of hydrogen-bond donors (Lipinski definition) is 4. The molecule has 42 heavy (non-hydrogen) atoms. The standard InChI is InChI=1S/C36H40N2O4/c1-23-7-15-29(16-8-23)35(41,30-17-9-24(2)10-18-30)27(5)37-33(39)34(40)38-28(6)36(42,31-19-11-25(3)12-20-31)32-21-13-26(4)14-22-32/h7-22,27-28,41-42H,1-6H3,(H,37,39)(H,38,40). The molecule has 0 fully saturated rings. The Morgan fingerprint density at radius 3 is 0.857 bits per heavy atom. The van der Waals surface area contributed by atoms with Crippen LogP contribution in [0.25, 0.3) is 0 Å². The monoisotopic (exact) mass is 564 g/mol. The maximum absolute atomic E-state index is 13.3. The van der Waals surface area contributed by atoms with Crippen LogP contribution in [0, 0.1) is 27.7 Å². The Bertz CT molecular complexity index is 1320. The van der Waals surface area contributed by atoms with Crippen LogP contribution < -0.4 is 10.6 Å². The molecule has 0 bridgehead atoms. The molecule has 0 heterocycles. The number of carbonyl (C=O) groups excluding carboxylic acids is 2. The van der Waals surface area contributed by atoms with Gasteiger partial charge in [-0.25, -0.2) is 0 Å². The molecule has 0 aliphatic carbocycles. The van der Waals surface area contributed by atoms with Gasteiger partial charge >= 0.3 is 11.8 Å². The van der Waals surface area contributed by atoms with Crippen molar-refractivity contribution in [2.45, 2.75) is 64.8 Å². The minimum Gasteiger partial charge on any atom is -0.378 e. The maximum atomic E-state index is 13.3. The molecule has 2 atom stereocenters. The van der Waals surface area contributed by atoms with Crippen LogP contribution in [0.5, 0.6) is 0 Å². The van der Waals surface area contributed by atoms with Crippen molar-refractivity contribution in [3.63, 3.8) is 0 Å². The highest BCUT2D eigenvalue weighted by atomic mass is 16.3. The van der Waals surface area contributed by atoms with Gasteiger partial charge < -0.3 is 20.8 Å². The van der Waals surface area contributed by atoms with Gasteiger partial charge in [0.15, 0.2) is 0 Å². The highest BCUT2D eigenvalue weighted by Gasteiger charge is 2.42. The molecule has 2 unspecified atom stereocenters. The number of amides is 2. The lowest BCUT2D eigenvalue weighted by Gasteiger charge is -2.37. The highest BCUT2D eigenvalue weighted by Crippen LogP contribution is 2.35. The summed E-state index contributed by atoms with van der Waals surface area (Å²) in [5.74, 6) is -1.83. The second kappa shape index (κ2) is 12.3. The van der Waals surface area contributed by atoms with E-state index >= 15 is 0 Å². The number of nitrogens with one attached hydrogen (secondary N) is 2. The van der Waals surface area contributed by atoms with Crippen molar-refractivity contribution in [2.24, 2.45) is 0 Å². The van der Waals surface area contributed by atoms with Crippen LogP contribution in [0.15, 0.2) is 97.1 Å². The van der Waals surface area contributed by atoms with E-state index in [0.29, 0.717) is 22.3 Å². The molecule has 6 heteroatoms. The van der Waals surface area contributed by atoms with E-state index in [-0.39, 0.29) is 0 Å². The minimum absolute atomic E-state index is 0.589. The predicted octanol–water partition coefficient (Wildman–Crippen LogP) is 5.10. The molecule has 0 saturated carbocycles. The van der Waals surface area contributed by atoms with Crippen molar-refractivity contribution in [2.75, 3.05) is 0 Å². The van der Waals surface area contributed by atoms with E-state index in [0.717, 1.165) is 22.3 Å². The third-order valence-electron chi connectivity index (χ3n) is 8.12. The smallest absolute Gasteiger partial charge is 0.309 e. The van der Waals surface area contributed by atoms with Crippen molar-refractivity contribution in [1.82, 2.24) is 10.6 Å². The van der Waals surface area contributed by atoms with E-state index in [1.807, 2.05) is 125 Å². The van der Waals surface area contributed by atoms with Crippen LogP contribution in [-0.4, -0.2) is 34.1 Å². The number of aryl methyl sites for hydroxylation is 4. The first-order valence-corrected chi connectivity index (χ1v) is 14.2. The molecular formula is C36H40N2O4. The molecule has 4 N–H and O–H groups in total. The zero-order chi connectivity index (χ0) is 30.7. The number of carbonyl (C=O) groups is 2. The fourth-order valence-corrected chi connectivity index (χ4v) is 5.30. The molecule has 218 valence electrons. The first-order chi connectivity index (χ1) is 19.8. The van der Waals surface area contributed by atoms with Crippen LogP contribution in [0.3, 0.4) is 0 Å². The van der Waals surface area contributed by atoms with Gasteiger partial charge in [0, 0.05) is 0 Å². The third kappa shape index (κ3) is 6.15. The van der Waals surface area contributed by atoms with Crippen LogP contribution in [0.1, 0.15) is 58.4 Å². The van der Waals surface area contributed by atoms with Gasteiger partial charge in [0.1, 0.15) is 11.2 Å². The Kier molecular flexibility index (Phi) is 9.00. The van der Waals surface area contributed by atoms with E-state index in [1.54, 1.807) is 13.8 Å². The van der Waals surface area contributed by atoms with E-state index in [1.165, 1.54) is 0 Å². The van der Waals surface area contributed by atoms with Gasteiger partial charge in [-0.2, -0.15) is 0 Å². The van der Waals surface area contributed by atoms with Crippen molar-refractivity contribution >= 4 is 11.8 Å². The van der Waals surface area contributed by atoms with Crippen LogP contribution in [0.4, 0.5) is 0 Å². The van der Waals surface area contributed by atoms with Gasteiger partial charge in [0.05, 0.1) is 12.1 Å². The van der Waals surface area contributed by atoms with E-state index in [9.17, 15) is 19.8 Å². The van der Waals surface area contributed by atoms with Gasteiger partial charge in [-0.05, 0) is 63.8 Å². The molecule has 0 radical (unpaired) electrons. The summed E-state index contributed by atoms with van der Waals surface area (Å²) in [6.45, 7) is 11.2. The van der Waals surface area contributed by atoms with Crippen molar-refractivity contribution < 1.29 is 19.8 Å². The van der Waals surface area contributed by atoms with Gasteiger partial charge in [0.25, 0.3) is 0 Å². The van der Waals surface area contributed by atoms with Gasteiger partial charge in [0.2, 0.25) is 0 Å². The number of benzene rings is 4. The highest BCUT2D eigenvalue weighted by molar-refractivity contribution is 6.35. The van der Waals surface area contributed by atoms with Gasteiger partial charge in [-0.15, -0.1) is 0 Å². The summed E-state index contributed by atoms with van der Waals surface area (Å²) in [4.78, 5) is 26.6. The summed E-state index contributed by atoms with van der Waals surface area (Å²) in [6.07, 6.45) is 0. The molecule has 0 spiro atoms. The van der Waals surface area contributed by atoms with Crippen LogP contribution >= 0.6 is 0 Å². The SMILES string of the molecule is Cc1ccc(C(O)(c2ccc(C)cc2)C(C)NC(=O)C(=O)NC(C)C(O)(c2ccc(C)cc2)c2ccc(C)cc2)cc1. The molecule has 0 aliphatic heterocycles. The number of aliphatic hydroxyl groups is 2. The summed E-state index contributed by atoms with van der Waals surface area (Å²) in [5, 5.41) is 29.6. The van der Waals surface area contributed by atoms with Crippen molar-refractivity contribution in [3.8, 4) is 0 Å². The lowest BCUT2D eigenvalue weighted by atomic mass is 9.80. The molecule has 0 aliphatic rings. The summed E-state index contributed by atoms with van der Waals surface area (Å²) >= 11 is 0. The average molecular weight is 565 g/mol. The molecule has 4 aromatic carbocycles. The molecule has 2 amide bonds. The predicted molar refractivity (Wildman–Crippen MR) is 166 cm³/mol. The van der Waals surface area contributed by atoms with Crippen LogP contribution in [-0.2, 0) is 20.8 Å². The van der Waals surface area contributed by atoms with Gasteiger partial charge in [-0.1, -0.05) is 119 Å². The lowest BCUT2D eigenvalue weighted by molar-refractivity contribution is -0.141. The average Bonchev–Trinajstić information content (AvgIpc) is 2.97.